The van der Waals surface area contributed by atoms with Crippen molar-refractivity contribution >= 4 is 33.2 Å². The van der Waals surface area contributed by atoms with E-state index < -0.39 is 10.0 Å². The van der Waals surface area contributed by atoms with Gasteiger partial charge in [-0.05, 0) is 48.7 Å². The molecule has 0 bridgehead atoms. The lowest BCUT2D eigenvalue weighted by atomic mass is 10.3. The molecule has 0 unspecified atom stereocenters. The van der Waals surface area contributed by atoms with Crippen LogP contribution in [0.25, 0.3) is 0 Å². The minimum Gasteiger partial charge on any atom is -0.265 e. The van der Waals surface area contributed by atoms with Crippen LogP contribution in [0.1, 0.15) is 18.4 Å². The van der Waals surface area contributed by atoms with E-state index in [0.717, 1.165) is 18.4 Å². The molecule has 0 aliphatic heterocycles. The van der Waals surface area contributed by atoms with E-state index in [9.17, 15) is 8.42 Å². The summed E-state index contributed by atoms with van der Waals surface area (Å²) in [5.74, 6) is 0. The second kappa shape index (κ2) is 6.16. The Hall–Kier alpha value is -1.14. The molecule has 1 aliphatic carbocycles. The lowest BCUT2D eigenvalue weighted by Crippen LogP contribution is -2.32. The zero-order valence-electron chi connectivity index (χ0n) is 11.6. The van der Waals surface area contributed by atoms with Crippen molar-refractivity contribution < 1.29 is 8.42 Å². The summed E-state index contributed by atoms with van der Waals surface area (Å²) in [4.78, 5) is 4.08. The number of sulfonamides is 1. The van der Waals surface area contributed by atoms with Gasteiger partial charge in [0.2, 0.25) is 10.0 Å². The largest absolute Gasteiger partial charge is 0.265 e. The van der Waals surface area contributed by atoms with Gasteiger partial charge < -0.3 is 0 Å². The average Bonchev–Trinajstić information content (AvgIpc) is 3.29. The number of benzene rings is 1. The number of nitrogens with zero attached hydrogens (tertiary/aromatic N) is 2. The highest BCUT2D eigenvalue weighted by Crippen LogP contribution is 2.34. The molecule has 0 radical (unpaired) electrons. The van der Waals surface area contributed by atoms with E-state index in [1.807, 2.05) is 12.1 Å². The zero-order valence-corrected chi connectivity index (χ0v) is 13.9. The van der Waals surface area contributed by atoms with Crippen LogP contribution in [0.15, 0.2) is 47.6 Å². The number of pyridine rings is 1. The Bertz CT molecular complexity index is 757. The normalized spacial score (nSPS) is 15.2. The number of aromatic nitrogens is 1. The molecule has 0 atom stereocenters. The Morgan fingerprint density at radius 1 is 1.09 bits per heavy atom. The van der Waals surface area contributed by atoms with Crippen molar-refractivity contribution in [2.24, 2.45) is 0 Å². The molecule has 4 nitrogen and oxygen atoms in total. The van der Waals surface area contributed by atoms with Gasteiger partial charge in [-0.25, -0.2) is 8.42 Å². The first-order valence-electron chi connectivity index (χ1n) is 6.83. The first-order valence-corrected chi connectivity index (χ1v) is 9.03. The number of hydrogen-bond acceptors (Lipinski definition) is 3. The van der Waals surface area contributed by atoms with E-state index >= 15 is 0 Å². The smallest absolute Gasteiger partial charge is 0.243 e. The van der Waals surface area contributed by atoms with Gasteiger partial charge in [-0.2, -0.15) is 4.31 Å². The predicted molar refractivity (Wildman–Crippen MR) is 86.4 cm³/mol. The average molecular weight is 357 g/mol. The zero-order chi connectivity index (χ0) is 15.7. The van der Waals surface area contributed by atoms with Crippen molar-refractivity contribution in [2.75, 3.05) is 0 Å². The molecule has 0 N–H and O–H groups in total. The topological polar surface area (TPSA) is 50.3 Å². The fourth-order valence-electron chi connectivity index (χ4n) is 2.25. The molecule has 1 saturated carbocycles. The SMILES string of the molecule is O=S(=O)(c1cc(Cl)cc(Cl)c1)N(Cc1ccncc1)C1CC1. The molecule has 2 aromatic rings. The van der Waals surface area contributed by atoms with E-state index in [1.54, 1.807) is 12.4 Å². The third-order valence-electron chi connectivity index (χ3n) is 3.48. The molecule has 0 saturated heterocycles. The van der Waals surface area contributed by atoms with Crippen molar-refractivity contribution in [3.8, 4) is 0 Å². The summed E-state index contributed by atoms with van der Waals surface area (Å²) >= 11 is 11.9. The van der Waals surface area contributed by atoms with Crippen molar-refractivity contribution in [1.82, 2.24) is 9.29 Å². The molecule has 1 aromatic carbocycles. The van der Waals surface area contributed by atoms with E-state index in [0.29, 0.717) is 16.6 Å². The molecular weight excluding hydrogens is 343 g/mol. The second-order valence-electron chi connectivity index (χ2n) is 5.24. The molecule has 116 valence electrons. The first kappa shape index (κ1) is 15.7. The molecule has 1 heterocycles. The van der Waals surface area contributed by atoms with Crippen molar-refractivity contribution in [2.45, 2.75) is 30.3 Å². The van der Waals surface area contributed by atoms with Crippen LogP contribution in [0, 0.1) is 0 Å². The standard InChI is InChI=1S/C15H14Cl2N2O2S/c16-12-7-13(17)9-15(8-12)22(20,21)19(14-1-2-14)10-11-3-5-18-6-4-11/h3-9,14H,1-2,10H2. The van der Waals surface area contributed by atoms with Crippen molar-refractivity contribution in [3.63, 3.8) is 0 Å². The fourth-order valence-corrected chi connectivity index (χ4v) is 4.65. The highest BCUT2D eigenvalue weighted by atomic mass is 35.5. The maximum Gasteiger partial charge on any atom is 0.243 e. The summed E-state index contributed by atoms with van der Waals surface area (Å²) in [6.07, 6.45) is 5.06. The van der Waals surface area contributed by atoms with Gasteiger partial charge in [0.25, 0.3) is 0 Å². The molecule has 1 aliphatic rings. The third kappa shape index (κ3) is 3.43. The summed E-state index contributed by atoms with van der Waals surface area (Å²) in [7, 11) is -3.64. The van der Waals surface area contributed by atoms with E-state index in [-0.39, 0.29) is 10.9 Å². The predicted octanol–water partition coefficient (Wildman–Crippen LogP) is 3.74. The van der Waals surface area contributed by atoms with Gasteiger partial charge in [0, 0.05) is 35.0 Å². The third-order valence-corrected chi connectivity index (χ3v) is 5.80. The van der Waals surface area contributed by atoms with Gasteiger partial charge in [-0.1, -0.05) is 23.2 Å². The Morgan fingerprint density at radius 3 is 2.23 bits per heavy atom. The quantitative estimate of drug-likeness (QED) is 0.819. The second-order valence-corrected chi connectivity index (χ2v) is 8.01. The Morgan fingerprint density at radius 2 is 1.68 bits per heavy atom. The molecule has 7 heteroatoms. The van der Waals surface area contributed by atoms with Crippen LogP contribution < -0.4 is 0 Å². The van der Waals surface area contributed by atoms with Crippen LogP contribution in [0.5, 0.6) is 0 Å². The molecule has 0 spiro atoms. The Balaban J connectivity index is 1.96. The van der Waals surface area contributed by atoms with Crippen LogP contribution in [0.3, 0.4) is 0 Å². The van der Waals surface area contributed by atoms with Gasteiger partial charge in [0.15, 0.2) is 0 Å². The lowest BCUT2D eigenvalue weighted by molar-refractivity contribution is 0.398. The van der Waals surface area contributed by atoms with Crippen LogP contribution >= 0.6 is 23.2 Å². The maximum absolute atomic E-state index is 12.9. The van der Waals surface area contributed by atoms with Crippen LogP contribution in [0.4, 0.5) is 0 Å². The van der Waals surface area contributed by atoms with Crippen LogP contribution in [0.2, 0.25) is 10.0 Å². The molecule has 0 amide bonds. The Labute approximate surface area is 139 Å². The summed E-state index contributed by atoms with van der Waals surface area (Å²) < 4.78 is 27.3. The molecular formula is C15H14Cl2N2O2S. The molecule has 22 heavy (non-hydrogen) atoms. The summed E-state index contributed by atoms with van der Waals surface area (Å²) in [5.41, 5.74) is 0.901. The van der Waals surface area contributed by atoms with Gasteiger partial charge in [-0.15, -0.1) is 0 Å². The monoisotopic (exact) mass is 356 g/mol. The Kier molecular flexibility index (Phi) is 4.41. The summed E-state index contributed by atoms with van der Waals surface area (Å²) in [6, 6.07) is 8.06. The molecule has 1 aromatic heterocycles. The minimum absolute atomic E-state index is 0.0379. The summed E-state index contributed by atoms with van der Waals surface area (Å²) in [5, 5.41) is 0.622. The minimum atomic E-state index is -3.64. The fraction of sp³-hybridized carbons (Fsp3) is 0.267. The van der Waals surface area contributed by atoms with E-state index in [1.165, 1.54) is 22.5 Å². The lowest BCUT2D eigenvalue weighted by Gasteiger charge is -2.22. The van der Waals surface area contributed by atoms with Gasteiger partial charge in [0.05, 0.1) is 4.90 Å². The van der Waals surface area contributed by atoms with Gasteiger partial charge >= 0.3 is 0 Å². The van der Waals surface area contributed by atoms with Gasteiger partial charge in [-0.3, -0.25) is 4.98 Å². The number of halogens is 2. The first-order chi connectivity index (χ1) is 10.5. The highest BCUT2D eigenvalue weighted by Gasteiger charge is 2.38. The van der Waals surface area contributed by atoms with E-state index in [4.69, 9.17) is 23.2 Å². The number of hydrogen-bond donors (Lipinski definition) is 0. The number of rotatable bonds is 5. The van der Waals surface area contributed by atoms with Crippen molar-refractivity contribution in [3.05, 3.63) is 58.3 Å². The van der Waals surface area contributed by atoms with Gasteiger partial charge in [0.1, 0.15) is 0 Å². The van der Waals surface area contributed by atoms with Crippen molar-refractivity contribution in [1.29, 1.82) is 0 Å². The molecule has 3 rings (SSSR count). The summed E-state index contributed by atoms with van der Waals surface area (Å²) in [6.45, 7) is 0.319. The molecule has 1 fully saturated rings. The van der Waals surface area contributed by atoms with Crippen LogP contribution in [-0.2, 0) is 16.6 Å². The van der Waals surface area contributed by atoms with E-state index in [2.05, 4.69) is 4.98 Å². The highest BCUT2D eigenvalue weighted by molar-refractivity contribution is 7.89. The van der Waals surface area contributed by atoms with Crippen LogP contribution in [-0.4, -0.2) is 23.7 Å². The maximum atomic E-state index is 12.9.